The summed E-state index contributed by atoms with van der Waals surface area (Å²) in [5, 5.41) is 12.7. The van der Waals surface area contributed by atoms with E-state index >= 15 is 0 Å². The van der Waals surface area contributed by atoms with E-state index in [1.54, 1.807) is 18.0 Å². The maximum atomic E-state index is 8.85. The average Bonchev–Trinajstić information content (AvgIpc) is 2.28. The molecule has 1 N–H and O–H groups in total. The van der Waals surface area contributed by atoms with Gasteiger partial charge in [-0.25, -0.2) is 9.97 Å². The summed E-state index contributed by atoms with van der Waals surface area (Å²) in [6.07, 6.45) is 2.57. The second-order valence-corrected chi connectivity index (χ2v) is 4.42. The molecule has 1 aromatic heterocycles. The van der Waals surface area contributed by atoms with Crippen molar-refractivity contribution in [3.8, 4) is 6.07 Å². The van der Waals surface area contributed by atoms with Crippen LogP contribution < -0.4 is 5.32 Å². The highest BCUT2D eigenvalue weighted by molar-refractivity contribution is 7.99. The Balaban J connectivity index is 2.32. The molecule has 0 aliphatic rings. The Hall–Kier alpha value is -1.12. The first-order chi connectivity index (χ1) is 7.76. The molecule has 1 unspecified atom stereocenters. The van der Waals surface area contributed by atoms with Gasteiger partial charge in [-0.2, -0.15) is 5.26 Å². The Morgan fingerprint density at radius 2 is 2.44 bits per heavy atom. The van der Waals surface area contributed by atoms with Gasteiger partial charge in [0.05, 0.1) is 12.1 Å². The first-order valence-corrected chi connectivity index (χ1v) is 6.30. The number of nitrogens with one attached hydrogen (secondary N) is 1. The van der Waals surface area contributed by atoms with Crippen molar-refractivity contribution < 1.29 is 0 Å². The standard InChI is InChI=1S/C11H16N4S/c1-3-13-10(8-12)5-7-16-11-14-6-4-9(2)15-11/h4,6,10,13H,3,5,7H2,1-2H3. The van der Waals surface area contributed by atoms with Gasteiger partial charge in [0, 0.05) is 17.6 Å². The molecule has 1 heterocycles. The quantitative estimate of drug-likeness (QED) is 0.602. The van der Waals surface area contributed by atoms with Crippen LogP contribution in [0.4, 0.5) is 0 Å². The van der Waals surface area contributed by atoms with Crippen LogP contribution in [0.2, 0.25) is 0 Å². The lowest BCUT2D eigenvalue weighted by Gasteiger charge is -2.08. The molecule has 5 heteroatoms. The molecular weight excluding hydrogens is 220 g/mol. The molecule has 0 radical (unpaired) electrons. The summed E-state index contributed by atoms with van der Waals surface area (Å²) in [6, 6.07) is 4.04. The fourth-order valence-corrected chi connectivity index (χ4v) is 2.10. The van der Waals surface area contributed by atoms with Gasteiger partial charge in [-0.3, -0.25) is 0 Å². The van der Waals surface area contributed by atoms with E-state index < -0.39 is 0 Å². The van der Waals surface area contributed by atoms with E-state index in [2.05, 4.69) is 21.4 Å². The van der Waals surface area contributed by atoms with Gasteiger partial charge in [0.2, 0.25) is 0 Å². The zero-order valence-corrected chi connectivity index (χ0v) is 10.4. The monoisotopic (exact) mass is 236 g/mol. The van der Waals surface area contributed by atoms with Crippen molar-refractivity contribution >= 4 is 11.8 Å². The zero-order chi connectivity index (χ0) is 11.8. The van der Waals surface area contributed by atoms with Gasteiger partial charge in [0.25, 0.3) is 0 Å². The van der Waals surface area contributed by atoms with Crippen LogP contribution in [0.1, 0.15) is 19.0 Å². The molecule has 16 heavy (non-hydrogen) atoms. The Morgan fingerprint density at radius 3 is 3.06 bits per heavy atom. The SMILES string of the molecule is CCNC(C#N)CCSc1nccc(C)n1. The maximum absolute atomic E-state index is 8.85. The van der Waals surface area contributed by atoms with Crippen LogP contribution in [-0.4, -0.2) is 28.3 Å². The molecule has 0 spiro atoms. The minimum atomic E-state index is -0.0673. The van der Waals surface area contributed by atoms with E-state index in [1.807, 2.05) is 19.9 Å². The van der Waals surface area contributed by atoms with E-state index in [0.29, 0.717) is 0 Å². The van der Waals surface area contributed by atoms with E-state index in [4.69, 9.17) is 5.26 Å². The van der Waals surface area contributed by atoms with Crippen molar-refractivity contribution in [1.82, 2.24) is 15.3 Å². The first kappa shape index (κ1) is 12.9. The molecule has 0 saturated heterocycles. The largest absolute Gasteiger partial charge is 0.302 e. The van der Waals surface area contributed by atoms with Crippen molar-refractivity contribution in [2.45, 2.75) is 31.5 Å². The molecule has 0 aliphatic heterocycles. The molecule has 0 bridgehead atoms. The summed E-state index contributed by atoms with van der Waals surface area (Å²) < 4.78 is 0. The highest BCUT2D eigenvalue weighted by Crippen LogP contribution is 2.14. The topological polar surface area (TPSA) is 61.6 Å². The summed E-state index contributed by atoms with van der Waals surface area (Å²) in [4.78, 5) is 8.45. The van der Waals surface area contributed by atoms with Crippen LogP contribution in [0, 0.1) is 18.3 Å². The number of aromatic nitrogens is 2. The molecule has 4 nitrogen and oxygen atoms in total. The molecule has 1 atom stereocenters. The molecule has 1 rings (SSSR count). The molecule has 0 fully saturated rings. The molecule has 0 aliphatic carbocycles. The maximum Gasteiger partial charge on any atom is 0.187 e. The second kappa shape index (κ2) is 7.20. The lowest BCUT2D eigenvalue weighted by atomic mass is 10.2. The fraction of sp³-hybridized carbons (Fsp3) is 0.545. The van der Waals surface area contributed by atoms with E-state index in [9.17, 15) is 0 Å². The number of nitrogens with zero attached hydrogens (tertiary/aromatic N) is 3. The van der Waals surface area contributed by atoms with Crippen LogP contribution in [-0.2, 0) is 0 Å². The first-order valence-electron chi connectivity index (χ1n) is 5.31. The number of aryl methyl sites for hydroxylation is 1. The lowest BCUT2D eigenvalue weighted by molar-refractivity contribution is 0.612. The summed E-state index contributed by atoms with van der Waals surface area (Å²) in [7, 11) is 0. The van der Waals surface area contributed by atoms with Crippen LogP contribution in [0.3, 0.4) is 0 Å². The minimum absolute atomic E-state index is 0.0673. The Bertz CT molecular complexity index is 361. The van der Waals surface area contributed by atoms with Gasteiger partial charge in [-0.1, -0.05) is 18.7 Å². The Labute approximate surface area is 100 Å². The van der Waals surface area contributed by atoms with E-state index in [1.165, 1.54) is 0 Å². The zero-order valence-electron chi connectivity index (χ0n) is 9.60. The Kier molecular flexibility index (Phi) is 5.83. The fourth-order valence-electron chi connectivity index (χ4n) is 1.22. The third kappa shape index (κ3) is 4.60. The predicted molar refractivity (Wildman–Crippen MR) is 65.2 cm³/mol. The van der Waals surface area contributed by atoms with Crippen molar-refractivity contribution in [3.05, 3.63) is 18.0 Å². The normalized spacial score (nSPS) is 12.1. The van der Waals surface area contributed by atoms with Crippen molar-refractivity contribution in [3.63, 3.8) is 0 Å². The highest BCUT2D eigenvalue weighted by Gasteiger charge is 2.05. The summed E-state index contributed by atoms with van der Waals surface area (Å²) in [5.74, 6) is 0.856. The van der Waals surface area contributed by atoms with Gasteiger partial charge in [-0.15, -0.1) is 0 Å². The summed E-state index contributed by atoms with van der Waals surface area (Å²) >= 11 is 1.59. The number of hydrogen-bond donors (Lipinski definition) is 1. The number of hydrogen-bond acceptors (Lipinski definition) is 5. The van der Waals surface area contributed by atoms with Crippen molar-refractivity contribution in [1.29, 1.82) is 5.26 Å². The van der Waals surface area contributed by atoms with Gasteiger partial charge < -0.3 is 5.32 Å². The molecule has 0 aromatic carbocycles. The molecule has 0 saturated carbocycles. The number of nitriles is 1. The van der Waals surface area contributed by atoms with Crippen molar-refractivity contribution in [2.75, 3.05) is 12.3 Å². The van der Waals surface area contributed by atoms with Gasteiger partial charge in [0.1, 0.15) is 0 Å². The van der Waals surface area contributed by atoms with Gasteiger partial charge in [0.15, 0.2) is 5.16 Å². The summed E-state index contributed by atoms with van der Waals surface area (Å²) in [5.41, 5.74) is 0.973. The highest BCUT2D eigenvalue weighted by atomic mass is 32.2. The molecule has 0 amide bonds. The van der Waals surface area contributed by atoms with Crippen molar-refractivity contribution in [2.24, 2.45) is 0 Å². The second-order valence-electron chi connectivity index (χ2n) is 3.36. The van der Waals surface area contributed by atoms with Crippen LogP contribution in [0.15, 0.2) is 17.4 Å². The average molecular weight is 236 g/mol. The minimum Gasteiger partial charge on any atom is -0.302 e. The third-order valence-electron chi connectivity index (χ3n) is 2.02. The molecule has 86 valence electrons. The number of rotatable bonds is 6. The predicted octanol–water partition coefficient (Wildman–Crippen LogP) is 1.77. The van der Waals surface area contributed by atoms with Crippen LogP contribution in [0.5, 0.6) is 0 Å². The summed E-state index contributed by atoms with van der Waals surface area (Å²) in [6.45, 7) is 4.77. The molecular formula is C11H16N4S. The molecule has 1 aromatic rings. The van der Waals surface area contributed by atoms with E-state index in [0.717, 1.165) is 29.6 Å². The van der Waals surface area contributed by atoms with Gasteiger partial charge >= 0.3 is 0 Å². The lowest BCUT2D eigenvalue weighted by Crippen LogP contribution is -2.27. The smallest absolute Gasteiger partial charge is 0.187 e. The number of thioether (sulfide) groups is 1. The Morgan fingerprint density at radius 1 is 1.62 bits per heavy atom. The van der Waals surface area contributed by atoms with Crippen LogP contribution >= 0.6 is 11.8 Å². The van der Waals surface area contributed by atoms with Gasteiger partial charge in [-0.05, 0) is 26.0 Å². The van der Waals surface area contributed by atoms with Crippen LogP contribution in [0.25, 0.3) is 0 Å². The third-order valence-corrected chi connectivity index (χ3v) is 2.91. The van der Waals surface area contributed by atoms with E-state index in [-0.39, 0.29) is 6.04 Å².